The highest BCUT2D eigenvalue weighted by Crippen LogP contribution is 2.23. The van der Waals surface area contributed by atoms with E-state index in [1.165, 1.54) is 24.3 Å². The van der Waals surface area contributed by atoms with Crippen molar-refractivity contribution in [1.82, 2.24) is 10.6 Å². The number of rotatable bonds is 9. The first kappa shape index (κ1) is 19.7. The number of benzene rings is 2. The Bertz CT molecular complexity index is 738. The van der Waals surface area contributed by atoms with Crippen molar-refractivity contribution in [2.75, 3.05) is 19.7 Å². The molecule has 0 atom stereocenters. The summed E-state index contributed by atoms with van der Waals surface area (Å²) >= 11 is 5.97. The highest BCUT2D eigenvalue weighted by Gasteiger charge is 2.06. The average Bonchev–Trinajstić information content (AvgIpc) is 2.64. The minimum Gasteiger partial charge on any atom is -0.492 e. The number of para-hydroxylation sites is 1. The number of hydrogen-bond acceptors (Lipinski definition) is 3. The monoisotopic (exact) mass is 378 g/mol. The largest absolute Gasteiger partial charge is 0.492 e. The maximum atomic E-state index is 12.8. The van der Waals surface area contributed by atoms with Crippen LogP contribution < -0.4 is 15.4 Å². The van der Waals surface area contributed by atoms with Gasteiger partial charge in [0.2, 0.25) is 5.91 Å². The van der Waals surface area contributed by atoms with Gasteiger partial charge < -0.3 is 15.4 Å². The Morgan fingerprint density at radius 3 is 2.42 bits per heavy atom. The number of nitrogens with one attached hydrogen (secondary N) is 2. The molecule has 0 aliphatic heterocycles. The van der Waals surface area contributed by atoms with Crippen LogP contribution in [0.5, 0.6) is 5.75 Å². The number of carbonyl (C=O) groups is 2. The van der Waals surface area contributed by atoms with Crippen molar-refractivity contribution in [2.24, 2.45) is 0 Å². The lowest BCUT2D eigenvalue weighted by Gasteiger charge is -2.09. The molecule has 2 aromatic carbocycles. The minimum atomic E-state index is -0.396. The molecule has 26 heavy (non-hydrogen) atoms. The molecule has 0 unspecified atom stereocenters. The molecule has 0 aromatic heterocycles. The lowest BCUT2D eigenvalue weighted by Crippen LogP contribution is -2.34. The van der Waals surface area contributed by atoms with Crippen LogP contribution in [0.3, 0.4) is 0 Å². The van der Waals surface area contributed by atoms with Crippen LogP contribution >= 0.6 is 11.6 Å². The second kappa shape index (κ2) is 10.4. The number of halogens is 2. The van der Waals surface area contributed by atoms with Gasteiger partial charge in [-0.25, -0.2) is 4.39 Å². The molecule has 138 valence electrons. The van der Waals surface area contributed by atoms with Gasteiger partial charge in [0.05, 0.1) is 11.6 Å². The Labute approximate surface area is 156 Å². The Morgan fingerprint density at radius 1 is 1.00 bits per heavy atom. The highest BCUT2D eigenvalue weighted by molar-refractivity contribution is 6.32. The van der Waals surface area contributed by atoms with Crippen LogP contribution in [-0.2, 0) is 4.79 Å². The molecular weight excluding hydrogens is 359 g/mol. The molecule has 2 rings (SSSR count). The normalized spacial score (nSPS) is 10.2. The molecule has 0 aliphatic rings. The van der Waals surface area contributed by atoms with Crippen molar-refractivity contribution >= 4 is 23.4 Å². The zero-order valence-corrected chi connectivity index (χ0v) is 14.9. The van der Waals surface area contributed by atoms with Gasteiger partial charge in [-0.05, 0) is 42.8 Å². The van der Waals surface area contributed by atoms with Gasteiger partial charge in [-0.3, -0.25) is 9.59 Å². The van der Waals surface area contributed by atoms with E-state index in [-0.39, 0.29) is 18.4 Å². The fraction of sp³-hybridized carbons (Fsp3) is 0.263. The van der Waals surface area contributed by atoms with Crippen molar-refractivity contribution in [3.05, 3.63) is 64.9 Å². The van der Waals surface area contributed by atoms with Crippen molar-refractivity contribution in [2.45, 2.75) is 12.8 Å². The summed E-state index contributed by atoms with van der Waals surface area (Å²) in [5.41, 5.74) is 0.370. The van der Waals surface area contributed by atoms with Crippen molar-refractivity contribution in [1.29, 1.82) is 0 Å². The van der Waals surface area contributed by atoms with Crippen LogP contribution in [0, 0.1) is 5.82 Å². The summed E-state index contributed by atoms with van der Waals surface area (Å²) in [6.45, 7) is 0.994. The minimum absolute atomic E-state index is 0.121. The summed E-state index contributed by atoms with van der Waals surface area (Å²) in [7, 11) is 0. The zero-order valence-electron chi connectivity index (χ0n) is 14.1. The Morgan fingerprint density at radius 2 is 1.69 bits per heavy atom. The van der Waals surface area contributed by atoms with E-state index in [1.807, 2.05) is 12.1 Å². The summed E-state index contributed by atoms with van der Waals surface area (Å²) in [6, 6.07) is 12.4. The second-order valence-corrected chi connectivity index (χ2v) is 5.90. The second-order valence-electron chi connectivity index (χ2n) is 5.50. The van der Waals surface area contributed by atoms with Gasteiger partial charge in [0.15, 0.2) is 0 Å². The fourth-order valence-electron chi connectivity index (χ4n) is 2.15. The molecule has 0 aliphatic carbocycles. The van der Waals surface area contributed by atoms with Gasteiger partial charge in [0.25, 0.3) is 5.91 Å². The summed E-state index contributed by atoms with van der Waals surface area (Å²) in [6.07, 6.45) is 0.870. The van der Waals surface area contributed by atoms with Gasteiger partial charge >= 0.3 is 0 Å². The summed E-state index contributed by atoms with van der Waals surface area (Å²) in [4.78, 5) is 23.5. The topological polar surface area (TPSA) is 67.4 Å². The van der Waals surface area contributed by atoms with Crippen LogP contribution in [-0.4, -0.2) is 31.5 Å². The average molecular weight is 379 g/mol. The summed E-state index contributed by atoms with van der Waals surface area (Å²) in [5, 5.41) is 5.90. The predicted octanol–water partition coefficient (Wildman–Crippen LogP) is 3.18. The van der Waals surface area contributed by atoms with Crippen LogP contribution in [0.2, 0.25) is 5.02 Å². The molecule has 0 radical (unpaired) electrons. The number of ether oxygens (including phenoxy) is 1. The maximum absolute atomic E-state index is 12.8. The van der Waals surface area contributed by atoms with Crippen molar-refractivity contribution < 1.29 is 18.7 Å². The van der Waals surface area contributed by atoms with Crippen molar-refractivity contribution in [3.8, 4) is 5.75 Å². The van der Waals surface area contributed by atoms with E-state index in [0.717, 1.165) is 0 Å². The first-order valence-electron chi connectivity index (χ1n) is 8.24. The molecule has 2 aromatic rings. The maximum Gasteiger partial charge on any atom is 0.251 e. The molecule has 0 saturated carbocycles. The third-order valence-corrected chi connectivity index (χ3v) is 3.79. The number of carbonyl (C=O) groups excluding carboxylic acids is 2. The molecular formula is C19H20ClFN2O3. The molecule has 2 amide bonds. The predicted molar refractivity (Wildman–Crippen MR) is 97.9 cm³/mol. The van der Waals surface area contributed by atoms with E-state index < -0.39 is 5.82 Å². The molecule has 0 fully saturated rings. The van der Waals surface area contributed by atoms with Gasteiger partial charge in [-0.2, -0.15) is 0 Å². The molecule has 0 spiro atoms. The Balaban J connectivity index is 1.55. The summed E-state index contributed by atoms with van der Waals surface area (Å²) in [5.74, 6) is -0.235. The number of amides is 2. The molecule has 0 saturated heterocycles. The first-order chi connectivity index (χ1) is 12.6. The van der Waals surface area contributed by atoms with Gasteiger partial charge in [0, 0.05) is 25.1 Å². The van der Waals surface area contributed by atoms with E-state index in [1.54, 1.807) is 12.1 Å². The van der Waals surface area contributed by atoms with Gasteiger partial charge in [0.1, 0.15) is 11.6 Å². The lowest BCUT2D eigenvalue weighted by molar-refractivity contribution is -0.121. The van der Waals surface area contributed by atoms with E-state index >= 15 is 0 Å². The van der Waals surface area contributed by atoms with Crippen LogP contribution in [0.15, 0.2) is 48.5 Å². The van der Waals surface area contributed by atoms with Gasteiger partial charge in [-0.15, -0.1) is 0 Å². The third kappa shape index (κ3) is 6.72. The van der Waals surface area contributed by atoms with E-state index in [2.05, 4.69) is 10.6 Å². The first-order valence-corrected chi connectivity index (χ1v) is 8.62. The van der Waals surface area contributed by atoms with E-state index in [4.69, 9.17) is 16.3 Å². The highest BCUT2D eigenvalue weighted by atomic mass is 35.5. The van der Waals surface area contributed by atoms with Crippen LogP contribution in [0.25, 0.3) is 0 Å². The Kier molecular flexibility index (Phi) is 7.89. The lowest BCUT2D eigenvalue weighted by atomic mass is 10.2. The molecule has 0 heterocycles. The molecule has 5 nitrogen and oxygen atoms in total. The molecule has 2 N–H and O–H groups in total. The Hall–Kier alpha value is -2.60. The van der Waals surface area contributed by atoms with Crippen LogP contribution in [0.1, 0.15) is 23.2 Å². The smallest absolute Gasteiger partial charge is 0.251 e. The van der Waals surface area contributed by atoms with Gasteiger partial charge in [-0.1, -0.05) is 23.7 Å². The van der Waals surface area contributed by atoms with E-state index in [9.17, 15) is 14.0 Å². The van der Waals surface area contributed by atoms with Crippen molar-refractivity contribution in [3.63, 3.8) is 0 Å². The third-order valence-electron chi connectivity index (χ3n) is 3.48. The zero-order chi connectivity index (χ0) is 18.8. The van der Waals surface area contributed by atoms with Crippen LogP contribution in [0.4, 0.5) is 4.39 Å². The molecule has 0 bridgehead atoms. The van der Waals surface area contributed by atoms with E-state index in [0.29, 0.717) is 42.3 Å². The molecule has 7 heteroatoms. The number of hydrogen-bond donors (Lipinski definition) is 2. The summed E-state index contributed by atoms with van der Waals surface area (Å²) < 4.78 is 18.3. The standard InChI is InChI=1S/C19H20ClFN2O3/c20-16-4-1-2-5-17(16)26-13-3-6-18(24)22-11-12-23-19(25)14-7-9-15(21)10-8-14/h1-2,4-5,7-10H,3,6,11-13H2,(H,22,24)(H,23,25). The SMILES string of the molecule is O=C(CCCOc1ccccc1Cl)NCCNC(=O)c1ccc(F)cc1. The quantitative estimate of drug-likeness (QED) is 0.658. The fourth-order valence-corrected chi connectivity index (χ4v) is 2.34.